The van der Waals surface area contributed by atoms with E-state index in [2.05, 4.69) is 20.5 Å². The van der Waals surface area contributed by atoms with Gasteiger partial charge in [-0.1, -0.05) is 23.9 Å². The van der Waals surface area contributed by atoms with E-state index in [1.54, 1.807) is 23.9 Å². The van der Waals surface area contributed by atoms with Gasteiger partial charge < -0.3 is 4.74 Å². The number of thiazole rings is 1. The Hall–Kier alpha value is -2.78. The molecule has 2 aromatic heterocycles. The molecule has 0 aliphatic rings. The molecule has 0 N–H and O–H groups in total. The van der Waals surface area contributed by atoms with Crippen LogP contribution in [0.1, 0.15) is 11.3 Å². The van der Waals surface area contributed by atoms with Crippen LogP contribution in [0.2, 0.25) is 0 Å². The first-order valence-electron chi connectivity index (χ1n) is 8.43. The van der Waals surface area contributed by atoms with Gasteiger partial charge in [0.25, 0.3) is 0 Å². The number of methoxy groups -OCH3 is 1. The first-order chi connectivity index (χ1) is 13.7. The highest BCUT2D eigenvalue weighted by Gasteiger charge is 2.11. The van der Waals surface area contributed by atoms with Gasteiger partial charge in [0.1, 0.15) is 16.6 Å². The van der Waals surface area contributed by atoms with Gasteiger partial charge in [-0.05, 0) is 52.4 Å². The number of hydrogen-bond acceptors (Lipinski definition) is 7. The number of hydrogen-bond donors (Lipinski definition) is 0. The summed E-state index contributed by atoms with van der Waals surface area (Å²) < 4.78 is 20.0. The molecule has 6 nitrogen and oxygen atoms in total. The fourth-order valence-corrected chi connectivity index (χ4v) is 4.24. The normalized spacial score (nSPS) is 10.9. The third-order valence-corrected chi connectivity index (χ3v) is 5.91. The number of aromatic nitrogens is 5. The van der Waals surface area contributed by atoms with Gasteiger partial charge in [-0.3, -0.25) is 0 Å². The average Bonchev–Trinajstić information content (AvgIpc) is 3.37. The molecule has 9 heteroatoms. The van der Waals surface area contributed by atoms with Gasteiger partial charge in [0.2, 0.25) is 5.16 Å². The van der Waals surface area contributed by atoms with Crippen LogP contribution in [0, 0.1) is 5.82 Å². The lowest BCUT2D eigenvalue weighted by atomic mass is 10.2. The largest absolute Gasteiger partial charge is 0.497 e. The van der Waals surface area contributed by atoms with E-state index in [9.17, 15) is 4.39 Å². The van der Waals surface area contributed by atoms with Crippen molar-refractivity contribution in [3.63, 3.8) is 0 Å². The highest BCUT2D eigenvalue weighted by atomic mass is 32.2. The second kappa shape index (κ2) is 8.49. The average molecular weight is 414 g/mol. The van der Waals surface area contributed by atoms with Gasteiger partial charge in [0.05, 0.1) is 19.3 Å². The molecule has 4 rings (SSSR count). The Morgan fingerprint density at radius 2 is 1.89 bits per heavy atom. The van der Waals surface area contributed by atoms with Crippen LogP contribution in [0.3, 0.4) is 0 Å². The first-order valence-corrected chi connectivity index (χ1v) is 10.3. The molecule has 0 radical (unpaired) electrons. The summed E-state index contributed by atoms with van der Waals surface area (Å²) in [6.07, 6.45) is 0. The summed E-state index contributed by atoms with van der Waals surface area (Å²) in [5, 5.41) is 15.6. The standard InChI is InChI=1S/C19H16FN5OS2/c1-26-17-8-2-13(3-9-17)10-25-19(22-23-24-25)28-12-16-11-27-18(21-16)14-4-6-15(20)7-5-14/h2-9,11H,10,12H2,1H3. The predicted molar refractivity (Wildman–Crippen MR) is 107 cm³/mol. The van der Waals surface area contributed by atoms with Crippen LogP contribution in [-0.4, -0.2) is 32.3 Å². The molecule has 2 heterocycles. The molecule has 0 aliphatic heterocycles. The summed E-state index contributed by atoms with van der Waals surface area (Å²) >= 11 is 3.07. The lowest BCUT2D eigenvalue weighted by molar-refractivity contribution is 0.414. The summed E-state index contributed by atoms with van der Waals surface area (Å²) in [5.41, 5.74) is 2.93. The number of ether oxygens (including phenoxy) is 1. The van der Waals surface area contributed by atoms with Crippen molar-refractivity contribution in [2.75, 3.05) is 7.11 Å². The van der Waals surface area contributed by atoms with E-state index >= 15 is 0 Å². The quantitative estimate of drug-likeness (QED) is 0.421. The molecule has 0 saturated heterocycles. The molecular formula is C19H16FN5OS2. The van der Waals surface area contributed by atoms with Crippen molar-refractivity contribution < 1.29 is 9.13 Å². The van der Waals surface area contributed by atoms with E-state index in [0.717, 1.165) is 32.7 Å². The van der Waals surface area contributed by atoms with Gasteiger partial charge in [-0.2, -0.15) is 0 Å². The predicted octanol–water partition coefficient (Wildman–Crippen LogP) is 4.28. The maximum Gasteiger partial charge on any atom is 0.210 e. The zero-order valence-electron chi connectivity index (χ0n) is 14.9. The molecular weight excluding hydrogens is 397 g/mol. The highest BCUT2D eigenvalue weighted by Crippen LogP contribution is 2.27. The Bertz CT molecular complexity index is 1050. The van der Waals surface area contributed by atoms with Gasteiger partial charge in [0, 0.05) is 16.7 Å². The van der Waals surface area contributed by atoms with Gasteiger partial charge in [0.15, 0.2) is 0 Å². The SMILES string of the molecule is COc1ccc(Cn2nnnc2SCc2csc(-c3ccc(F)cc3)n2)cc1. The maximum absolute atomic E-state index is 13.1. The van der Waals surface area contributed by atoms with Crippen molar-refractivity contribution in [3.8, 4) is 16.3 Å². The van der Waals surface area contributed by atoms with Crippen molar-refractivity contribution in [2.45, 2.75) is 17.5 Å². The molecule has 0 atom stereocenters. The Balaban J connectivity index is 1.40. The second-order valence-corrected chi connectivity index (χ2v) is 7.71. The van der Waals surface area contributed by atoms with Crippen molar-refractivity contribution in [2.24, 2.45) is 0 Å². The molecule has 0 fully saturated rings. The molecule has 0 spiro atoms. The van der Waals surface area contributed by atoms with Crippen LogP contribution in [-0.2, 0) is 12.3 Å². The fraction of sp³-hybridized carbons (Fsp3) is 0.158. The lowest BCUT2D eigenvalue weighted by Gasteiger charge is -2.05. The Morgan fingerprint density at radius 1 is 1.11 bits per heavy atom. The Labute approximate surface area is 169 Å². The first kappa shape index (κ1) is 18.6. The minimum absolute atomic E-state index is 0.250. The maximum atomic E-state index is 13.1. The zero-order chi connectivity index (χ0) is 19.3. The number of thioether (sulfide) groups is 1. The number of nitrogens with zero attached hydrogens (tertiary/aromatic N) is 5. The molecule has 0 bridgehead atoms. The molecule has 142 valence electrons. The minimum atomic E-state index is -0.250. The highest BCUT2D eigenvalue weighted by molar-refractivity contribution is 7.98. The van der Waals surface area contributed by atoms with Crippen molar-refractivity contribution in [1.29, 1.82) is 0 Å². The topological polar surface area (TPSA) is 65.7 Å². The van der Waals surface area contributed by atoms with Crippen LogP contribution >= 0.6 is 23.1 Å². The van der Waals surface area contributed by atoms with Crippen molar-refractivity contribution in [1.82, 2.24) is 25.2 Å². The minimum Gasteiger partial charge on any atom is -0.497 e. The molecule has 0 unspecified atom stereocenters. The smallest absolute Gasteiger partial charge is 0.210 e. The van der Waals surface area contributed by atoms with E-state index in [-0.39, 0.29) is 5.82 Å². The van der Waals surface area contributed by atoms with Crippen LogP contribution in [0.5, 0.6) is 5.75 Å². The molecule has 28 heavy (non-hydrogen) atoms. The molecule has 2 aromatic carbocycles. The number of halogens is 1. The molecule has 0 aliphatic carbocycles. The summed E-state index contributed by atoms with van der Waals surface area (Å²) in [4.78, 5) is 4.63. The van der Waals surface area contributed by atoms with E-state index in [0.29, 0.717) is 12.3 Å². The lowest BCUT2D eigenvalue weighted by Crippen LogP contribution is -2.04. The van der Waals surface area contributed by atoms with Crippen LogP contribution in [0.25, 0.3) is 10.6 Å². The van der Waals surface area contributed by atoms with Crippen molar-refractivity contribution >= 4 is 23.1 Å². The molecule has 4 aromatic rings. The third-order valence-electron chi connectivity index (χ3n) is 3.98. The third kappa shape index (κ3) is 4.37. The summed E-state index contributed by atoms with van der Waals surface area (Å²) in [6, 6.07) is 14.2. The zero-order valence-corrected chi connectivity index (χ0v) is 16.6. The van der Waals surface area contributed by atoms with Crippen LogP contribution < -0.4 is 4.74 Å². The number of tetrazole rings is 1. The van der Waals surface area contributed by atoms with Gasteiger partial charge in [-0.25, -0.2) is 14.1 Å². The van der Waals surface area contributed by atoms with E-state index in [4.69, 9.17) is 4.74 Å². The second-order valence-electron chi connectivity index (χ2n) is 5.91. The summed E-state index contributed by atoms with van der Waals surface area (Å²) in [7, 11) is 1.64. The Kier molecular flexibility index (Phi) is 5.63. The fourth-order valence-electron chi connectivity index (χ4n) is 2.54. The number of rotatable bonds is 7. The van der Waals surface area contributed by atoms with Gasteiger partial charge in [-0.15, -0.1) is 16.4 Å². The van der Waals surface area contributed by atoms with Crippen LogP contribution in [0.15, 0.2) is 59.1 Å². The molecule has 0 amide bonds. The monoisotopic (exact) mass is 413 g/mol. The summed E-state index contributed by atoms with van der Waals surface area (Å²) in [6.45, 7) is 0.581. The van der Waals surface area contributed by atoms with Crippen LogP contribution in [0.4, 0.5) is 4.39 Å². The molecule has 0 saturated carbocycles. The van der Waals surface area contributed by atoms with Gasteiger partial charge >= 0.3 is 0 Å². The van der Waals surface area contributed by atoms with E-state index in [1.807, 2.05) is 29.6 Å². The van der Waals surface area contributed by atoms with E-state index in [1.165, 1.54) is 35.2 Å². The van der Waals surface area contributed by atoms with Crippen molar-refractivity contribution in [3.05, 3.63) is 71.0 Å². The number of benzene rings is 2. The summed E-state index contributed by atoms with van der Waals surface area (Å²) in [5.74, 6) is 1.22. The van der Waals surface area contributed by atoms with E-state index < -0.39 is 0 Å². The Morgan fingerprint density at radius 3 is 2.64 bits per heavy atom.